The molecule has 4 aliphatic heterocycles. The summed E-state index contributed by atoms with van der Waals surface area (Å²) in [7, 11) is 0. The quantitative estimate of drug-likeness (QED) is 0.120. The van der Waals surface area contributed by atoms with E-state index in [0.29, 0.717) is 11.1 Å². The van der Waals surface area contributed by atoms with Crippen molar-refractivity contribution < 1.29 is 4.74 Å². The van der Waals surface area contributed by atoms with E-state index < -0.39 is 12.1 Å². The normalized spacial score (nSPS) is 12.8. The molecule has 4 aliphatic rings. The van der Waals surface area contributed by atoms with Crippen LogP contribution in [0.5, 0.6) is 11.5 Å². The molecule has 538 valence electrons. The summed E-state index contributed by atoms with van der Waals surface area (Å²) in [5, 5.41) is 22.7. The van der Waals surface area contributed by atoms with Gasteiger partial charge in [-0.25, -0.2) is 0 Å². The van der Waals surface area contributed by atoms with Crippen molar-refractivity contribution in [1.82, 2.24) is 0 Å². The minimum atomic E-state index is -0.424. The summed E-state index contributed by atoms with van der Waals surface area (Å²) >= 11 is 0. The zero-order chi connectivity index (χ0) is 77.1. The molecule has 0 amide bonds. The Labute approximate surface area is 668 Å². The predicted octanol–water partition coefficient (Wildman–Crippen LogP) is 23.8. The summed E-state index contributed by atoms with van der Waals surface area (Å²) in [6, 6.07) is 135. The third-order valence-electron chi connectivity index (χ3n) is 23.6. The first-order chi connectivity index (χ1) is 55.7. The number of ether oxygens (including phenoxy) is 1. The summed E-state index contributed by atoms with van der Waals surface area (Å²) in [5.41, 5.74) is 34.7. The third kappa shape index (κ3) is 11.5. The molecule has 6 nitrogen and oxygen atoms in total. The molecule has 20 rings (SSSR count). The average molecular weight is 1460 g/mol. The molecular formula is C106H77B2N5O. The topological polar surface area (TPSA) is 66.5 Å². The van der Waals surface area contributed by atoms with Crippen molar-refractivity contribution in [3.63, 3.8) is 0 Å². The number of fused-ring (bicyclic) bond motifs is 8. The summed E-state index contributed by atoms with van der Waals surface area (Å²) in [4.78, 5) is 7.72. The molecule has 0 unspecified atom stereocenters. The Balaban J connectivity index is 0.949. The van der Waals surface area contributed by atoms with Crippen LogP contribution in [0.15, 0.2) is 358 Å². The number of nitriles is 2. The Morgan fingerprint density at radius 1 is 0.246 bits per heavy atom. The minimum absolute atomic E-state index is 0.329. The smallest absolute Gasteiger partial charge is 0.256 e. The van der Waals surface area contributed by atoms with E-state index >= 15 is 0 Å². The lowest BCUT2D eigenvalue weighted by Crippen LogP contribution is -2.64. The second-order valence-corrected chi connectivity index (χ2v) is 32.5. The summed E-state index contributed by atoms with van der Waals surface area (Å²) in [6.45, 7) is 13.1. The van der Waals surface area contributed by atoms with Gasteiger partial charge in [0, 0.05) is 73.6 Å². The molecule has 16 aromatic carbocycles. The first-order valence-corrected chi connectivity index (χ1v) is 39.4. The van der Waals surface area contributed by atoms with Crippen LogP contribution in [-0.2, 0) is 10.8 Å². The number of hydrogen-bond donors (Lipinski definition) is 0. The molecule has 0 aliphatic carbocycles. The van der Waals surface area contributed by atoms with Crippen molar-refractivity contribution in [1.29, 1.82) is 10.5 Å². The van der Waals surface area contributed by atoms with Crippen molar-refractivity contribution >= 4 is 97.4 Å². The first-order valence-electron chi connectivity index (χ1n) is 39.4. The van der Waals surface area contributed by atoms with Gasteiger partial charge in [-0.1, -0.05) is 333 Å². The highest BCUT2D eigenvalue weighted by Crippen LogP contribution is 2.57. The second-order valence-electron chi connectivity index (χ2n) is 32.5. The van der Waals surface area contributed by atoms with Crippen LogP contribution in [0.2, 0.25) is 0 Å². The van der Waals surface area contributed by atoms with Crippen LogP contribution >= 0.6 is 0 Å². The van der Waals surface area contributed by atoms with Gasteiger partial charge in [0.15, 0.2) is 0 Å². The highest BCUT2D eigenvalue weighted by molar-refractivity contribution is 7.02. The number of rotatable bonds is 11. The molecule has 4 heterocycles. The van der Waals surface area contributed by atoms with Crippen molar-refractivity contribution in [2.75, 3.05) is 14.7 Å². The van der Waals surface area contributed by atoms with Gasteiger partial charge in [0.05, 0.1) is 40.3 Å². The Morgan fingerprint density at radius 2 is 0.553 bits per heavy atom. The average Bonchev–Trinajstić information content (AvgIpc) is 0.680. The predicted molar refractivity (Wildman–Crippen MR) is 477 cm³/mol. The van der Waals surface area contributed by atoms with Gasteiger partial charge in [0.1, 0.15) is 11.5 Å². The van der Waals surface area contributed by atoms with E-state index in [1.54, 1.807) is 0 Å². The highest BCUT2D eigenvalue weighted by Gasteiger charge is 2.50. The molecular weight excluding hydrogens is 1380 g/mol. The maximum atomic E-state index is 11.4. The Bertz CT molecular complexity index is 6430. The van der Waals surface area contributed by atoms with E-state index in [-0.39, 0.29) is 12.1 Å². The second kappa shape index (κ2) is 27.4. The summed E-state index contributed by atoms with van der Waals surface area (Å²) in [6.07, 6.45) is 0. The molecule has 0 atom stereocenters. The van der Waals surface area contributed by atoms with Gasteiger partial charge in [-0.3, -0.25) is 0 Å². The number of nitrogens with zero attached hydrogens (tertiary/aromatic N) is 5. The fourth-order valence-corrected chi connectivity index (χ4v) is 18.2. The Kier molecular flexibility index (Phi) is 16.6. The molecule has 8 heteroatoms. The molecule has 0 fully saturated rings. The summed E-state index contributed by atoms with van der Waals surface area (Å²) < 4.78 is 8.08. The number of anilines is 9. The van der Waals surface area contributed by atoms with Crippen LogP contribution in [0.4, 0.5) is 51.2 Å². The van der Waals surface area contributed by atoms with Crippen LogP contribution in [-0.4, -0.2) is 13.4 Å². The van der Waals surface area contributed by atoms with Crippen LogP contribution < -0.4 is 52.2 Å². The van der Waals surface area contributed by atoms with Gasteiger partial charge in [0.25, 0.3) is 13.4 Å². The van der Waals surface area contributed by atoms with E-state index in [1.807, 2.05) is 0 Å². The molecule has 0 aromatic heterocycles. The molecule has 114 heavy (non-hydrogen) atoms. The molecule has 0 radical (unpaired) electrons. The molecule has 0 spiro atoms. The monoisotopic (exact) mass is 1460 g/mol. The van der Waals surface area contributed by atoms with E-state index in [1.165, 1.54) is 0 Å². The fourth-order valence-electron chi connectivity index (χ4n) is 18.2. The van der Waals surface area contributed by atoms with Crippen molar-refractivity contribution in [3.8, 4) is 113 Å². The van der Waals surface area contributed by atoms with E-state index in [0.717, 1.165) is 196 Å². The molecule has 0 N–H and O–H groups in total. The first kappa shape index (κ1) is 69.1. The van der Waals surface area contributed by atoms with Crippen molar-refractivity contribution in [3.05, 3.63) is 380 Å². The van der Waals surface area contributed by atoms with Gasteiger partial charge >= 0.3 is 0 Å². The number of hydrogen-bond acceptors (Lipinski definition) is 6. The van der Waals surface area contributed by atoms with E-state index in [9.17, 15) is 10.5 Å². The lowest BCUT2D eigenvalue weighted by atomic mass is 9.30. The maximum absolute atomic E-state index is 11.4. The number of para-hydroxylation sites is 1. The zero-order valence-electron chi connectivity index (χ0n) is 64.4. The van der Waals surface area contributed by atoms with Gasteiger partial charge in [0.2, 0.25) is 0 Å². The van der Waals surface area contributed by atoms with Gasteiger partial charge in [-0.05, 0) is 171 Å². The van der Waals surface area contributed by atoms with Crippen LogP contribution in [0, 0.1) is 22.7 Å². The van der Waals surface area contributed by atoms with Crippen molar-refractivity contribution in [2.45, 2.75) is 52.4 Å². The zero-order valence-corrected chi connectivity index (χ0v) is 64.4. The maximum Gasteiger partial charge on any atom is 0.256 e. The van der Waals surface area contributed by atoms with Crippen LogP contribution in [0.25, 0.3) is 89.0 Å². The van der Waals surface area contributed by atoms with Crippen LogP contribution in [0.3, 0.4) is 0 Å². The third-order valence-corrected chi connectivity index (χ3v) is 23.6. The largest absolute Gasteiger partial charge is 0.458 e. The van der Waals surface area contributed by atoms with Crippen molar-refractivity contribution in [2.24, 2.45) is 0 Å². The van der Waals surface area contributed by atoms with E-state index in [4.69, 9.17) is 4.74 Å². The summed E-state index contributed by atoms with van der Waals surface area (Å²) in [5.74, 6) is 1.57. The molecule has 0 bridgehead atoms. The lowest BCUT2D eigenvalue weighted by Gasteiger charge is -2.47. The standard InChI is InChI=1S/C106H77B2N5O/c1-105(2,3)80-60-95-100-96(61-80)113(104-86(76-44-27-13-28-45-76)56-69(67-110)57-87(104)77-46-29-14-30-47-77)94-65-98-91(64-90(94)107(100)88-52-50-78(70-32-15-7-16-33-70)58-92(88)111(95)103-84(74-40-23-11-24-41-74)54-68(66-109)55-85(103)75-42-25-12-26-43-75)108-89-53-51-79(71-34-17-8-18-35-71)59-93(89)112(97-62-81(106(4,5)6)63-99(114-98)101(97)108)102-82(72-36-19-9-20-37-72)48-31-49-83(102)73-38-21-10-22-39-73/h7-65H,1-6H3. The Hall–Kier alpha value is -14.2. The molecule has 16 aromatic rings. The Morgan fingerprint density at radius 3 is 0.904 bits per heavy atom. The highest BCUT2D eigenvalue weighted by atomic mass is 16.5. The SMILES string of the molecule is CC(C)(C)c1cc2c3c(c1)N(c1c(-c4ccccc4)cccc1-c1ccccc1)c1cc(-c4ccccc4)ccc1B3c1cc3c(cc1O2)N(c1c(-c2ccccc2)cc(C#N)cc1-c1ccccc1)c1cc(C(C)(C)C)cc2c1B3c1ccc(-c3ccccc3)cc1N2c1c(-c2ccccc2)cc(C#N)cc1-c1ccccc1. The fraction of sp³-hybridized carbons (Fsp3) is 0.0755. The van der Waals surface area contributed by atoms with Gasteiger partial charge in [-0.2, -0.15) is 10.5 Å². The molecule has 0 saturated heterocycles. The van der Waals surface area contributed by atoms with Gasteiger partial charge in [-0.15, -0.1) is 0 Å². The lowest BCUT2D eigenvalue weighted by molar-refractivity contribution is 0.483. The van der Waals surface area contributed by atoms with Gasteiger partial charge < -0.3 is 19.4 Å². The minimum Gasteiger partial charge on any atom is -0.458 e. The van der Waals surface area contributed by atoms with E-state index in [2.05, 4.69) is 426 Å². The number of benzene rings is 16. The van der Waals surface area contributed by atoms with Crippen LogP contribution in [0.1, 0.15) is 63.8 Å². The molecule has 0 saturated carbocycles.